The Morgan fingerprint density at radius 1 is 1.23 bits per heavy atom. The number of alkyl halides is 3. The van der Waals surface area contributed by atoms with Crippen LogP contribution in [0.15, 0.2) is 0 Å². The lowest BCUT2D eigenvalue weighted by molar-refractivity contribution is 0.0638. The largest absolute Gasteiger partial charge is 0.376 e. The second-order valence-electron chi connectivity index (χ2n) is 3.42. The van der Waals surface area contributed by atoms with Crippen LogP contribution in [0.5, 0.6) is 0 Å². The van der Waals surface area contributed by atoms with Crippen LogP contribution in [-0.4, -0.2) is 29.3 Å². The molecule has 0 aromatic carbocycles. The molecule has 0 rings (SSSR count). The quantitative estimate of drug-likeness (QED) is 0.651. The normalized spacial score (nSPS) is 16.2. The summed E-state index contributed by atoms with van der Waals surface area (Å²) in [5.41, 5.74) is 0. The van der Waals surface area contributed by atoms with E-state index in [-0.39, 0.29) is 10.9 Å². The van der Waals surface area contributed by atoms with Crippen molar-refractivity contribution in [2.24, 2.45) is 5.92 Å². The van der Waals surface area contributed by atoms with Gasteiger partial charge in [0, 0.05) is 18.4 Å². The van der Waals surface area contributed by atoms with Gasteiger partial charge in [0.15, 0.2) is 0 Å². The lowest BCUT2D eigenvalue weighted by Gasteiger charge is -2.19. The second-order valence-corrected chi connectivity index (χ2v) is 5.21. The highest BCUT2D eigenvalue weighted by atomic mass is 79.9. The number of rotatable bonds is 7. The van der Waals surface area contributed by atoms with Crippen LogP contribution in [0.4, 0.5) is 0 Å². The van der Waals surface area contributed by atoms with Crippen LogP contribution < -0.4 is 0 Å². The smallest absolute Gasteiger partial charge is 0.0846 e. The molecule has 0 radical (unpaired) electrons. The summed E-state index contributed by atoms with van der Waals surface area (Å²) < 4.78 is 5.59. The maximum atomic E-state index is 5.74. The van der Waals surface area contributed by atoms with Crippen LogP contribution >= 0.6 is 39.1 Å². The monoisotopic (exact) mass is 290 g/mol. The fourth-order valence-corrected chi connectivity index (χ4v) is 1.86. The lowest BCUT2D eigenvalue weighted by atomic mass is 10.1. The molecule has 0 saturated heterocycles. The van der Waals surface area contributed by atoms with Gasteiger partial charge in [-0.3, -0.25) is 0 Å². The van der Waals surface area contributed by atoms with E-state index in [9.17, 15) is 0 Å². The molecule has 0 spiro atoms. The van der Waals surface area contributed by atoms with Crippen molar-refractivity contribution in [1.29, 1.82) is 0 Å². The summed E-state index contributed by atoms with van der Waals surface area (Å²) in [5.74, 6) is 1.68. The number of hydrogen-bond acceptors (Lipinski definition) is 1. The van der Waals surface area contributed by atoms with Crippen molar-refractivity contribution in [3.63, 3.8) is 0 Å². The van der Waals surface area contributed by atoms with Crippen LogP contribution in [0.3, 0.4) is 0 Å². The first-order valence-corrected chi connectivity index (χ1v) is 6.47. The van der Waals surface area contributed by atoms with Gasteiger partial charge >= 0.3 is 0 Å². The van der Waals surface area contributed by atoms with Gasteiger partial charge in [0.1, 0.15) is 0 Å². The molecule has 0 aromatic rings. The molecule has 0 heterocycles. The molecule has 0 bridgehead atoms. The van der Waals surface area contributed by atoms with E-state index in [1.807, 2.05) is 0 Å². The van der Waals surface area contributed by atoms with E-state index in [1.54, 1.807) is 0 Å². The maximum absolute atomic E-state index is 5.74. The Labute approximate surface area is 99.2 Å². The molecular weight excluding hydrogens is 275 g/mol. The van der Waals surface area contributed by atoms with Crippen molar-refractivity contribution in [3.05, 3.63) is 0 Å². The van der Waals surface area contributed by atoms with Gasteiger partial charge in [-0.1, -0.05) is 29.8 Å². The Morgan fingerprint density at radius 3 is 2.23 bits per heavy atom. The number of hydrogen-bond donors (Lipinski definition) is 0. The van der Waals surface area contributed by atoms with E-state index >= 15 is 0 Å². The van der Waals surface area contributed by atoms with Gasteiger partial charge in [-0.15, -0.1) is 23.2 Å². The first-order valence-electron chi connectivity index (χ1n) is 4.49. The summed E-state index contributed by atoms with van der Waals surface area (Å²) in [6.07, 6.45) is 1.09. The first kappa shape index (κ1) is 14.0. The summed E-state index contributed by atoms with van der Waals surface area (Å²) in [6, 6.07) is 0. The SMILES string of the molecule is CC(C)CCOC(CCl)C(Br)CCl. The van der Waals surface area contributed by atoms with Crippen LogP contribution in [0, 0.1) is 5.92 Å². The molecule has 0 saturated carbocycles. The van der Waals surface area contributed by atoms with Crippen molar-refractivity contribution in [2.45, 2.75) is 31.2 Å². The zero-order chi connectivity index (χ0) is 10.3. The van der Waals surface area contributed by atoms with E-state index < -0.39 is 0 Å². The van der Waals surface area contributed by atoms with Crippen molar-refractivity contribution in [2.75, 3.05) is 18.4 Å². The summed E-state index contributed by atoms with van der Waals surface area (Å²) in [4.78, 5) is 0.152. The Hall–Kier alpha value is 1.02. The summed E-state index contributed by atoms with van der Waals surface area (Å²) in [5, 5.41) is 0. The Kier molecular flexibility index (Phi) is 8.99. The zero-order valence-corrected chi connectivity index (χ0v) is 11.2. The Balaban J connectivity index is 3.59. The van der Waals surface area contributed by atoms with Crippen LogP contribution in [0.1, 0.15) is 20.3 Å². The van der Waals surface area contributed by atoms with E-state index in [0.717, 1.165) is 13.0 Å². The predicted octanol–water partition coefficient (Wildman–Crippen LogP) is 3.66. The molecule has 0 aliphatic carbocycles. The van der Waals surface area contributed by atoms with E-state index in [4.69, 9.17) is 27.9 Å². The third kappa shape index (κ3) is 7.01. The van der Waals surface area contributed by atoms with Gasteiger partial charge in [-0.05, 0) is 12.3 Å². The lowest BCUT2D eigenvalue weighted by Crippen LogP contribution is -2.28. The first-order chi connectivity index (χ1) is 6.11. The molecule has 0 N–H and O–H groups in total. The topological polar surface area (TPSA) is 9.23 Å². The second kappa shape index (κ2) is 8.34. The summed E-state index contributed by atoms with van der Waals surface area (Å²) >= 11 is 14.9. The Morgan fingerprint density at radius 2 is 1.85 bits per heavy atom. The van der Waals surface area contributed by atoms with Crippen LogP contribution in [-0.2, 0) is 4.74 Å². The molecular formula is C9H17BrCl2O. The van der Waals surface area contributed by atoms with Gasteiger partial charge in [-0.2, -0.15) is 0 Å². The molecule has 0 aromatic heterocycles. The fraction of sp³-hybridized carbons (Fsp3) is 1.00. The van der Waals surface area contributed by atoms with Crippen LogP contribution in [0.2, 0.25) is 0 Å². The molecule has 80 valence electrons. The van der Waals surface area contributed by atoms with Crippen molar-refractivity contribution >= 4 is 39.1 Å². The minimum atomic E-state index is 0.0258. The molecule has 2 unspecified atom stereocenters. The summed E-state index contributed by atoms with van der Waals surface area (Å²) in [6.45, 7) is 5.10. The highest BCUT2D eigenvalue weighted by molar-refractivity contribution is 9.09. The highest BCUT2D eigenvalue weighted by Gasteiger charge is 2.17. The highest BCUT2D eigenvalue weighted by Crippen LogP contribution is 2.14. The summed E-state index contributed by atoms with van der Waals surface area (Å²) in [7, 11) is 0. The molecule has 2 atom stereocenters. The molecule has 13 heavy (non-hydrogen) atoms. The minimum absolute atomic E-state index is 0.0258. The average Bonchev–Trinajstić information content (AvgIpc) is 2.11. The average molecular weight is 292 g/mol. The molecule has 1 nitrogen and oxygen atoms in total. The molecule has 0 fully saturated rings. The number of ether oxygens (including phenoxy) is 1. The van der Waals surface area contributed by atoms with Gasteiger partial charge in [0.25, 0.3) is 0 Å². The number of halogens is 3. The van der Waals surface area contributed by atoms with Gasteiger partial charge in [-0.25, -0.2) is 0 Å². The predicted molar refractivity (Wildman–Crippen MR) is 63.4 cm³/mol. The van der Waals surface area contributed by atoms with E-state index in [1.165, 1.54) is 0 Å². The molecule has 0 amide bonds. The van der Waals surface area contributed by atoms with Crippen molar-refractivity contribution < 1.29 is 4.74 Å². The third-order valence-corrected chi connectivity index (χ3v) is 3.65. The van der Waals surface area contributed by atoms with Crippen molar-refractivity contribution in [3.8, 4) is 0 Å². The van der Waals surface area contributed by atoms with Gasteiger partial charge < -0.3 is 4.74 Å². The molecule has 4 heteroatoms. The Bertz CT molecular complexity index is 122. The molecule has 0 aliphatic heterocycles. The van der Waals surface area contributed by atoms with Gasteiger partial charge in [0.05, 0.1) is 10.9 Å². The minimum Gasteiger partial charge on any atom is -0.376 e. The zero-order valence-electron chi connectivity index (χ0n) is 8.10. The van der Waals surface area contributed by atoms with Crippen LogP contribution in [0.25, 0.3) is 0 Å². The van der Waals surface area contributed by atoms with Gasteiger partial charge in [0.2, 0.25) is 0 Å². The standard InChI is InChI=1S/C9H17BrCl2O/c1-7(2)3-4-13-9(6-12)8(10)5-11/h7-9H,3-6H2,1-2H3. The molecule has 0 aliphatic rings. The van der Waals surface area contributed by atoms with E-state index in [2.05, 4.69) is 29.8 Å². The fourth-order valence-electron chi connectivity index (χ4n) is 0.800. The van der Waals surface area contributed by atoms with Crippen molar-refractivity contribution in [1.82, 2.24) is 0 Å². The third-order valence-electron chi connectivity index (χ3n) is 1.73. The maximum Gasteiger partial charge on any atom is 0.0846 e. The van der Waals surface area contributed by atoms with E-state index in [0.29, 0.717) is 17.7 Å².